The van der Waals surface area contributed by atoms with Crippen molar-refractivity contribution >= 4 is 22.8 Å². The van der Waals surface area contributed by atoms with Gasteiger partial charge in [-0.25, -0.2) is 0 Å². The van der Waals surface area contributed by atoms with Crippen LogP contribution in [0.1, 0.15) is 51.9 Å². The predicted octanol–water partition coefficient (Wildman–Crippen LogP) is 2.71. The van der Waals surface area contributed by atoms with Crippen molar-refractivity contribution in [1.82, 2.24) is 4.90 Å². The molecule has 2 aliphatic heterocycles. The van der Waals surface area contributed by atoms with Gasteiger partial charge in [0.05, 0.1) is 0 Å². The maximum absolute atomic E-state index is 11.9. The Bertz CT molecular complexity index is 319. The summed E-state index contributed by atoms with van der Waals surface area (Å²) in [5.41, 5.74) is 0. The molecule has 2 aliphatic rings. The van der Waals surface area contributed by atoms with Crippen molar-refractivity contribution < 1.29 is 9.59 Å². The van der Waals surface area contributed by atoms with E-state index in [0.29, 0.717) is 12.3 Å². The molecule has 3 atom stereocenters. The van der Waals surface area contributed by atoms with Gasteiger partial charge in [-0.05, 0) is 43.2 Å². The van der Waals surface area contributed by atoms with E-state index in [0.717, 1.165) is 19.3 Å². The first kappa shape index (κ1) is 12.9. The summed E-state index contributed by atoms with van der Waals surface area (Å²) in [4.78, 5) is 25.0. The summed E-state index contributed by atoms with van der Waals surface area (Å²) in [7, 11) is 0. The monoisotopic (exact) mass is 257 g/mol. The van der Waals surface area contributed by atoms with Crippen LogP contribution in [0.2, 0.25) is 0 Å². The molecule has 0 saturated carbocycles. The minimum atomic E-state index is -0.362. The highest BCUT2D eigenvalue weighted by Crippen LogP contribution is 2.38. The Hall–Kier alpha value is -0.570. The van der Waals surface area contributed by atoms with Gasteiger partial charge in [-0.1, -0.05) is 19.8 Å². The number of amides is 1. The molecule has 2 saturated heterocycles. The Morgan fingerprint density at radius 1 is 1.41 bits per heavy atom. The molecule has 2 heterocycles. The maximum atomic E-state index is 11.9. The Balaban J connectivity index is 2.09. The number of piperidine rings is 1. The van der Waals surface area contributed by atoms with Crippen molar-refractivity contribution in [2.75, 3.05) is 0 Å². The number of halogens is 1. The summed E-state index contributed by atoms with van der Waals surface area (Å²) in [6, 6.07) is -0.0787. The second kappa shape index (κ2) is 5.38. The summed E-state index contributed by atoms with van der Waals surface area (Å²) in [5, 5.41) is -0.362. The Morgan fingerprint density at radius 2 is 2.18 bits per heavy atom. The fourth-order valence-corrected chi connectivity index (χ4v) is 3.54. The van der Waals surface area contributed by atoms with Gasteiger partial charge < -0.3 is 4.90 Å². The quantitative estimate of drug-likeness (QED) is 0.727. The van der Waals surface area contributed by atoms with Gasteiger partial charge in [0.25, 0.3) is 0 Å². The third-order valence-corrected chi connectivity index (χ3v) is 4.43. The van der Waals surface area contributed by atoms with Crippen molar-refractivity contribution in [2.45, 2.75) is 64.0 Å². The number of carbonyl (C=O) groups is 2. The van der Waals surface area contributed by atoms with Crippen LogP contribution in [0.3, 0.4) is 0 Å². The van der Waals surface area contributed by atoms with Crippen LogP contribution in [0, 0.1) is 5.92 Å². The van der Waals surface area contributed by atoms with Crippen LogP contribution >= 0.6 is 11.6 Å². The average Bonchev–Trinajstić information content (AvgIpc) is 2.69. The smallest absolute Gasteiger partial charge is 0.244 e. The van der Waals surface area contributed by atoms with Crippen LogP contribution in [0.4, 0.5) is 0 Å². The zero-order valence-corrected chi connectivity index (χ0v) is 11.1. The van der Waals surface area contributed by atoms with E-state index in [4.69, 9.17) is 11.6 Å². The van der Waals surface area contributed by atoms with Gasteiger partial charge in [0, 0.05) is 12.5 Å². The van der Waals surface area contributed by atoms with Gasteiger partial charge in [0.2, 0.25) is 11.1 Å². The third kappa shape index (κ3) is 2.49. The molecule has 0 N–H and O–H groups in total. The highest BCUT2D eigenvalue weighted by molar-refractivity contribution is 6.64. The van der Waals surface area contributed by atoms with Gasteiger partial charge in [0.15, 0.2) is 0 Å². The molecule has 0 bridgehead atoms. The lowest BCUT2D eigenvalue weighted by atomic mass is 9.83. The van der Waals surface area contributed by atoms with E-state index in [1.807, 2.05) is 0 Å². The predicted molar refractivity (Wildman–Crippen MR) is 66.8 cm³/mol. The van der Waals surface area contributed by atoms with Crippen LogP contribution < -0.4 is 0 Å². The molecule has 0 aromatic heterocycles. The minimum Gasteiger partial charge on any atom is -0.328 e. The molecule has 4 heteroatoms. The molecule has 2 fully saturated rings. The van der Waals surface area contributed by atoms with Crippen LogP contribution in [0.5, 0.6) is 0 Å². The van der Waals surface area contributed by atoms with E-state index in [1.54, 1.807) is 4.90 Å². The first-order chi connectivity index (χ1) is 8.15. The van der Waals surface area contributed by atoms with Gasteiger partial charge in [-0.3, -0.25) is 9.59 Å². The summed E-state index contributed by atoms with van der Waals surface area (Å²) < 4.78 is 0. The zero-order valence-electron chi connectivity index (χ0n) is 10.3. The highest BCUT2D eigenvalue weighted by atomic mass is 35.5. The molecule has 1 amide bonds. The SMILES string of the molecule is CCCC[C@@H]1CC[C@@H](C(=O)Cl)N2C(=O)CC[C@@H]12. The van der Waals surface area contributed by atoms with Crippen molar-refractivity contribution in [3.8, 4) is 0 Å². The molecule has 0 unspecified atom stereocenters. The Labute approximate surface area is 107 Å². The first-order valence-electron chi connectivity index (χ1n) is 6.65. The van der Waals surface area contributed by atoms with E-state index in [9.17, 15) is 9.59 Å². The second-order valence-electron chi connectivity index (χ2n) is 5.21. The van der Waals surface area contributed by atoms with E-state index in [2.05, 4.69) is 6.92 Å². The largest absolute Gasteiger partial charge is 0.328 e. The summed E-state index contributed by atoms with van der Waals surface area (Å²) in [5.74, 6) is 0.698. The van der Waals surface area contributed by atoms with E-state index in [1.165, 1.54) is 19.3 Å². The molecule has 0 aliphatic carbocycles. The van der Waals surface area contributed by atoms with E-state index < -0.39 is 0 Å². The lowest BCUT2D eigenvalue weighted by molar-refractivity contribution is -0.138. The van der Waals surface area contributed by atoms with Crippen LogP contribution in [0.25, 0.3) is 0 Å². The topological polar surface area (TPSA) is 37.4 Å². The number of nitrogens with zero attached hydrogens (tertiary/aromatic N) is 1. The van der Waals surface area contributed by atoms with Crippen LogP contribution in [-0.2, 0) is 9.59 Å². The third-order valence-electron chi connectivity index (χ3n) is 4.18. The number of carbonyl (C=O) groups excluding carboxylic acids is 2. The molecule has 96 valence electrons. The van der Waals surface area contributed by atoms with Crippen molar-refractivity contribution in [2.24, 2.45) is 5.92 Å². The number of hydrogen-bond acceptors (Lipinski definition) is 2. The molecule has 3 nitrogen and oxygen atoms in total. The molecule has 0 radical (unpaired) electrons. The summed E-state index contributed by atoms with van der Waals surface area (Å²) >= 11 is 5.61. The first-order valence-corrected chi connectivity index (χ1v) is 7.03. The lowest BCUT2D eigenvalue weighted by Gasteiger charge is -2.41. The fourth-order valence-electron chi connectivity index (χ4n) is 3.32. The number of rotatable bonds is 4. The average molecular weight is 258 g/mol. The van der Waals surface area contributed by atoms with E-state index >= 15 is 0 Å². The standard InChI is InChI=1S/C13H20ClNO2/c1-2-3-4-9-5-6-11(13(14)17)15-10(9)7-8-12(15)16/h9-11H,2-8H2,1H3/t9-,10+,11+/m1/s1. The fraction of sp³-hybridized carbons (Fsp3) is 0.846. The number of hydrogen-bond donors (Lipinski definition) is 0. The molecular weight excluding hydrogens is 238 g/mol. The zero-order chi connectivity index (χ0) is 12.4. The normalized spacial score (nSPS) is 32.7. The number of fused-ring (bicyclic) bond motifs is 1. The molecule has 0 spiro atoms. The second-order valence-corrected chi connectivity index (χ2v) is 5.58. The Morgan fingerprint density at radius 3 is 2.82 bits per heavy atom. The Kier molecular flexibility index (Phi) is 4.08. The van der Waals surface area contributed by atoms with Gasteiger partial charge in [0.1, 0.15) is 6.04 Å². The van der Waals surface area contributed by atoms with Crippen molar-refractivity contribution in [3.63, 3.8) is 0 Å². The summed E-state index contributed by atoms with van der Waals surface area (Å²) in [6.45, 7) is 2.19. The molecule has 0 aromatic rings. The molecule has 17 heavy (non-hydrogen) atoms. The van der Waals surface area contributed by atoms with Gasteiger partial charge in [-0.15, -0.1) is 0 Å². The summed E-state index contributed by atoms with van der Waals surface area (Å²) in [6.07, 6.45) is 6.87. The molecule has 0 aromatic carbocycles. The van der Waals surface area contributed by atoms with Crippen LogP contribution in [-0.4, -0.2) is 28.1 Å². The van der Waals surface area contributed by atoms with Gasteiger partial charge >= 0.3 is 0 Å². The highest BCUT2D eigenvalue weighted by Gasteiger charge is 2.45. The van der Waals surface area contributed by atoms with Gasteiger partial charge in [-0.2, -0.15) is 0 Å². The maximum Gasteiger partial charge on any atom is 0.244 e. The molecule has 2 rings (SSSR count). The lowest BCUT2D eigenvalue weighted by Crippen LogP contribution is -2.51. The molecular formula is C13H20ClNO2. The minimum absolute atomic E-state index is 0.121. The number of unbranched alkanes of at least 4 members (excludes halogenated alkanes) is 1. The van der Waals surface area contributed by atoms with Crippen LogP contribution in [0.15, 0.2) is 0 Å². The van der Waals surface area contributed by atoms with Crippen molar-refractivity contribution in [3.05, 3.63) is 0 Å². The van der Waals surface area contributed by atoms with E-state index in [-0.39, 0.29) is 23.2 Å². The van der Waals surface area contributed by atoms with Crippen molar-refractivity contribution in [1.29, 1.82) is 0 Å².